The van der Waals surface area contributed by atoms with Crippen LogP contribution in [0.25, 0.3) is 0 Å². The average Bonchev–Trinajstić information content (AvgIpc) is 2.80. The number of hydrogen-bond donors (Lipinski definition) is 0. The number of methoxy groups -OCH3 is 2. The Kier molecular flexibility index (Phi) is 4.93. The Bertz CT molecular complexity index is 1140. The van der Waals surface area contributed by atoms with Gasteiger partial charge in [0.05, 0.1) is 14.2 Å². The van der Waals surface area contributed by atoms with Gasteiger partial charge in [-0.1, -0.05) is 48.0 Å². The summed E-state index contributed by atoms with van der Waals surface area (Å²) in [5, 5.41) is 0. The number of fused-ring (bicyclic) bond motifs is 5. The number of carbonyl (C=O) groups is 1. The van der Waals surface area contributed by atoms with Crippen LogP contribution in [0.5, 0.6) is 11.5 Å². The molecule has 1 aliphatic carbocycles. The minimum absolute atomic E-state index is 0.118. The molecule has 1 amide bonds. The van der Waals surface area contributed by atoms with Gasteiger partial charge in [0.15, 0.2) is 11.5 Å². The zero-order valence-electron chi connectivity index (χ0n) is 18.2. The van der Waals surface area contributed by atoms with E-state index in [1.807, 2.05) is 30.3 Å². The molecule has 2 atom stereocenters. The highest BCUT2D eigenvalue weighted by Gasteiger charge is 2.43. The Balaban J connectivity index is 1.67. The van der Waals surface area contributed by atoms with Crippen molar-refractivity contribution in [3.8, 4) is 11.5 Å². The van der Waals surface area contributed by atoms with Crippen molar-refractivity contribution >= 4 is 5.91 Å². The van der Waals surface area contributed by atoms with Gasteiger partial charge in [0.2, 0.25) is 0 Å². The zero-order chi connectivity index (χ0) is 21.5. The Morgan fingerprint density at radius 2 is 1.68 bits per heavy atom. The Morgan fingerprint density at radius 3 is 2.42 bits per heavy atom. The minimum Gasteiger partial charge on any atom is -0.493 e. The van der Waals surface area contributed by atoms with Gasteiger partial charge in [-0.05, 0) is 60.2 Å². The first-order chi connectivity index (χ1) is 15.1. The number of hydrogen-bond acceptors (Lipinski definition) is 3. The normalized spacial score (nSPS) is 19.3. The number of rotatable bonds is 4. The molecule has 0 bridgehead atoms. The van der Waals surface area contributed by atoms with Crippen LogP contribution in [0, 0.1) is 6.92 Å². The highest BCUT2D eigenvalue weighted by atomic mass is 16.5. The van der Waals surface area contributed by atoms with Crippen LogP contribution >= 0.6 is 0 Å². The molecule has 31 heavy (non-hydrogen) atoms. The molecule has 158 valence electrons. The van der Waals surface area contributed by atoms with Crippen LogP contribution < -0.4 is 9.47 Å². The number of amides is 1. The molecular weight excluding hydrogens is 386 g/mol. The van der Waals surface area contributed by atoms with Gasteiger partial charge >= 0.3 is 0 Å². The van der Waals surface area contributed by atoms with Crippen molar-refractivity contribution in [2.45, 2.75) is 38.3 Å². The molecule has 0 N–H and O–H groups in total. The van der Waals surface area contributed by atoms with E-state index in [4.69, 9.17) is 9.47 Å². The van der Waals surface area contributed by atoms with Gasteiger partial charge in [0.25, 0.3) is 5.91 Å². The summed E-state index contributed by atoms with van der Waals surface area (Å²) in [5.41, 5.74) is 6.79. The van der Waals surface area contributed by atoms with Crippen LogP contribution in [0.1, 0.15) is 50.5 Å². The van der Waals surface area contributed by atoms with Crippen molar-refractivity contribution in [2.75, 3.05) is 14.2 Å². The zero-order valence-corrected chi connectivity index (χ0v) is 18.2. The van der Waals surface area contributed by atoms with E-state index in [-0.39, 0.29) is 17.9 Å². The monoisotopic (exact) mass is 413 g/mol. The van der Waals surface area contributed by atoms with E-state index >= 15 is 0 Å². The van der Waals surface area contributed by atoms with Crippen LogP contribution in [0.2, 0.25) is 0 Å². The fourth-order valence-corrected chi connectivity index (χ4v) is 5.24. The van der Waals surface area contributed by atoms with Crippen LogP contribution in [-0.2, 0) is 13.0 Å². The predicted octanol–water partition coefficient (Wildman–Crippen LogP) is 5.11. The van der Waals surface area contributed by atoms with Crippen LogP contribution in [0.3, 0.4) is 0 Å². The molecule has 5 rings (SSSR count). The summed E-state index contributed by atoms with van der Waals surface area (Å²) in [5.74, 6) is 1.75. The molecule has 0 radical (unpaired) electrons. The quantitative estimate of drug-likeness (QED) is 0.596. The molecule has 3 aromatic rings. The first kappa shape index (κ1) is 19.7. The first-order valence-corrected chi connectivity index (χ1v) is 10.8. The van der Waals surface area contributed by atoms with E-state index in [1.54, 1.807) is 14.2 Å². The molecule has 0 fully saturated rings. The third-order valence-electron chi connectivity index (χ3n) is 6.70. The summed E-state index contributed by atoms with van der Waals surface area (Å²) in [7, 11) is 3.35. The largest absolute Gasteiger partial charge is 0.493 e. The second kappa shape index (κ2) is 7.77. The van der Waals surface area contributed by atoms with E-state index in [9.17, 15) is 4.79 Å². The van der Waals surface area contributed by atoms with Gasteiger partial charge in [-0.25, -0.2) is 0 Å². The lowest BCUT2D eigenvalue weighted by Gasteiger charge is -2.46. The van der Waals surface area contributed by atoms with Gasteiger partial charge < -0.3 is 14.4 Å². The van der Waals surface area contributed by atoms with Crippen molar-refractivity contribution in [2.24, 2.45) is 0 Å². The second-order valence-electron chi connectivity index (χ2n) is 8.50. The fraction of sp³-hybridized carbons (Fsp3) is 0.296. The summed E-state index contributed by atoms with van der Waals surface area (Å²) in [6.45, 7) is 2.71. The molecule has 0 unspecified atom stereocenters. The Hall–Kier alpha value is -3.27. The van der Waals surface area contributed by atoms with E-state index in [0.29, 0.717) is 6.54 Å². The van der Waals surface area contributed by atoms with Crippen molar-refractivity contribution < 1.29 is 14.3 Å². The molecule has 4 nitrogen and oxygen atoms in total. The fourth-order valence-electron chi connectivity index (χ4n) is 5.24. The van der Waals surface area contributed by atoms with E-state index < -0.39 is 0 Å². The van der Waals surface area contributed by atoms with Gasteiger partial charge in [-0.2, -0.15) is 0 Å². The number of carbonyl (C=O) groups excluding carboxylic acids is 1. The Morgan fingerprint density at radius 1 is 0.935 bits per heavy atom. The van der Waals surface area contributed by atoms with E-state index in [1.165, 1.54) is 16.7 Å². The number of benzene rings is 3. The van der Waals surface area contributed by atoms with Gasteiger partial charge in [-0.3, -0.25) is 4.79 Å². The lowest BCUT2D eigenvalue weighted by molar-refractivity contribution is 0.0586. The van der Waals surface area contributed by atoms with Crippen LogP contribution in [0.15, 0.2) is 60.7 Å². The van der Waals surface area contributed by atoms with Crippen LogP contribution in [0.4, 0.5) is 0 Å². The minimum atomic E-state index is 0.118. The molecule has 1 heterocycles. The molecule has 0 spiro atoms. The molecule has 0 saturated carbocycles. The third kappa shape index (κ3) is 3.27. The second-order valence-corrected chi connectivity index (χ2v) is 8.50. The van der Waals surface area contributed by atoms with Gasteiger partial charge in [0, 0.05) is 24.1 Å². The summed E-state index contributed by atoms with van der Waals surface area (Å²) >= 11 is 0. The van der Waals surface area contributed by atoms with Crippen molar-refractivity contribution in [3.05, 3.63) is 94.0 Å². The van der Waals surface area contributed by atoms with E-state index in [0.717, 1.165) is 41.0 Å². The highest BCUT2D eigenvalue weighted by molar-refractivity contribution is 5.98. The smallest absolute Gasteiger partial charge is 0.254 e. The summed E-state index contributed by atoms with van der Waals surface area (Å²) in [6, 6.07) is 20.8. The van der Waals surface area contributed by atoms with Crippen molar-refractivity contribution in [3.63, 3.8) is 0 Å². The maximum absolute atomic E-state index is 13.6. The number of ether oxygens (including phenoxy) is 2. The lowest BCUT2D eigenvalue weighted by atomic mass is 9.71. The van der Waals surface area contributed by atoms with Gasteiger partial charge in [-0.15, -0.1) is 0 Å². The maximum atomic E-state index is 13.6. The molecule has 4 heteroatoms. The van der Waals surface area contributed by atoms with E-state index in [2.05, 4.69) is 42.2 Å². The number of aryl methyl sites for hydroxylation is 2. The van der Waals surface area contributed by atoms with Gasteiger partial charge in [0.1, 0.15) is 0 Å². The standard InChI is InChI=1S/C27H27NO3/c1-17-9-11-20-22(13-17)26-21-15-25(31-3)24(30-2)14-19(21)10-12-23(26)28(27(20)29)16-18-7-5-4-6-8-18/h4-9,11,13-15,23,26H,10,12,16H2,1-3H3/t23-,26+/m1/s1. The molecule has 1 aliphatic heterocycles. The number of nitrogens with zero attached hydrogens (tertiary/aromatic N) is 1. The maximum Gasteiger partial charge on any atom is 0.254 e. The topological polar surface area (TPSA) is 38.8 Å². The highest BCUT2D eigenvalue weighted by Crippen LogP contribution is 2.47. The summed E-state index contributed by atoms with van der Waals surface area (Å²) < 4.78 is 11.2. The lowest BCUT2D eigenvalue weighted by Crippen LogP contribution is -2.49. The Labute approximate surface area is 183 Å². The van der Waals surface area contributed by atoms with Crippen LogP contribution in [-0.4, -0.2) is 31.1 Å². The van der Waals surface area contributed by atoms with Crippen molar-refractivity contribution in [1.29, 1.82) is 0 Å². The average molecular weight is 414 g/mol. The molecule has 3 aromatic carbocycles. The summed E-state index contributed by atoms with van der Waals surface area (Å²) in [4.78, 5) is 15.7. The molecule has 0 aromatic heterocycles. The van der Waals surface area contributed by atoms with Crippen molar-refractivity contribution in [1.82, 2.24) is 4.90 Å². The molecular formula is C27H27NO3. The predicted molar refractivity (Wildman–Crippen MR) is 121 cm³/mol. The SMILES string of the molecule is COc1cc2c(cc1OC)[C@H]1c3cc(C)ccc3C(=O)N(Cc3ccccc3)[C@@H]1CC2. The molecule has 2 aliphatic rings. The first-order valence-electron chi connectivity index (χ1n) is 10.8. The third-order valence-corrected chi connectivity index (χ3v) is 6.70. The molecule has 0 saturated heterocycles. The summed E-state index contributed by atoms with van der Waals surface area (Å²) in [6.07, 6.45) is 1.84.